The molecular weight excluding hydrogens is 1010 g/mol. The van der Waals surface area contributed by atoms with Gasteiger partial charge < -0.3 is 40.5 Å². The highest BCUT2D eigenvalue weighted by Gasteiger charge is 2.46. The van der Waals surface area contributed by atoms with Gasteiger partial charge in [-0.05, 0) is 80.5 Å². The van der Waals surface area contributed by atoms with Gasteiger partial charge in [0.15, 0.2) is 0 Å². The van der Waals surface area contributed by atoms with Crippen molar-refractivity contribution >= 4 is 64.1 Å². The zero-order chi connectivity index (χ0) is 52.6. The summed E-state index contributed by atoms with van der Waals surface area (Å²) >= 11 is 10.1. The first kappa shape index (κ1) is 53.0. The van der Waals surface area contributed by atoms with Crippen LogP contribution in [0.3, 0.4) is 0 Å². The highest BCUT2D eigenvalue weighted by Crippen LogP contribution is 2.42. The molecule has 10 rings (SSSR count). The number of pyridine rings is 1. The van der Waals surface area contributed by atoms with Gasteiger partial charge in [0.1, 0.15) is 40.6 Å². The van der Waals surface area contributed by atoms with Gasteiger partial charge >= 0.3 is 0 Å². The third kappa shape index (κ3) is 11.9. The Morgan fingerprint density at radius 3 is 2.40 bits per heavy atom. The van der Waals surface area contributed by atoms with Crippen LogP contribution in [0.1, 0.15) is 114 Å². The Hall–Kier alpha value is -5.41. The van der Waals surface area contributed by atoms with Crippen molar-refractivity contribution in [2.75, 3.05) is 62.2 Å². The van der Waals surface area contributed by atoms with Crippen molar-refractivity contribution in [2.24, 2.45) is 22.5 Å². The van der Waals surface area contributed by atoms with E-state index in [-0.39, 0.29) is 54.7 Å². The van der Waals surface area contributed by atoms with Crippen molar-refractivity contribution in [1.82, 2.24) is 50.0 Å². The molecule has 1 saturated carbocycles. The first-order valence-electron chi connectivity index (χ1n) is 26.6. The summed E-state index contributed by atoms with van der Waals surface area (Å²) in [5, 5.41) is 24.0. The number of aliphatic hydroxyl groups excluding tert-OH is 1. The summed E-state index contributed by atoms with van der Waals surface area (Å²) < 4.78 is 8.45. The largest absolute Gasteiger partial charge is 0.490 e. The molecular formula is C54H70ClN13O5S2. The van der Waals surface area contributed by atoms with Crippen LogP contribution in [0, 0.1) is 23.7 Å². The van der Waals surface area contributed by atoms with Crippen molar-refractivity contribution in [3.63, 3.8) is 0 Å². The minimum absolute atomic E-state index is 0.0503. The number of nitrogens with one attached hydrogen (secondary N) is 1. The topological polar surface area (TPSA) is 214 Å². The normalized spacial score (nSPS) is 21.1. The van der Waals surface area contributed by atoms with Crippen LogP contribution in [0.4, 0.5) is 11.6 Å². The number of anilines is 2. The number of likely N-dealkylation sites (tertiary alicyclic amines) is 2. The van der Waals surface area contributed by atoms with Crippen molar-refractivity contribution in [3.8, 4) is 16.2 Å². The van der Waals surface area contributed by atoms with Gasteiger partial charge in [-0.3, -0.25) is 14.4 Å². The molecule has 4 saturated heterocycles. The lowest BCUT2D eigenvalue weighted by atomic mass is 9.80. The molecule has 4 aromatic heterocycles. The fourth-order valence-corrected chi connectivity index (χ4v) is 12.9. The zero-order valence-corrected chi connectivity index (χ0v) is 46.0. The Morgan fingerprint density at radius 2 is 1.73 bits per heavy atom. The average Bonchev–Trinajstić information content (AvgIpc) is 3.76. The lowest BCUT2D eigenvalue weighted by Gasteiger charge is -2.39. The molecule has 21 heteroatoms. The molecule has 0 unspecified atom stereocenters. The number of halogens is 1. The smallest absolute Gasteiger partial charge is 0.248 e. The van der Waals surface area contributed by atoms with Crippen LogP contribution in [0.5, 0.6) is 5.75 Å². The third-order valence-corrected chi connectivity index (χ3v) is 18.3. The average molecular weight is 1080 g/mol. The Morgan fingerprint density at radius 1 is 0.973 bits per heavy atom. The number of hydrogen-bond acceptors (Lipinski definition) is 16. The highest BCUT2D eigenvalue weighted by molar-refractivity contribution is 7.99. The molecule has 5 aromatic rings. The molecule has 0 bridgehead atoms. The van der Waals surface area contributed by atoms with Crippen LogP contribution in [0.15, 0.2) is 64.5 Å². The van der Waals surface area contributed by atoms with Gasteiger partial charge in [0.05, 0.1) is 45.3 Å². The molecule has 0 spiro atoms. The highest BCUT2D eigenvalue weighted by atomic mass is 35.5. The Labute approximate surface area is 452 Å². The number of ether oxygens (including phenoxy) is 1. The number of thiazole rings is 1. The van der Waals surface area contributed by atoms with E-state index in [2.05, 4.69) is 42.3 Å². The Kier molecular flexibility index (Phi) is 15.7. The van der Waals surface area contributed by atoms with Crippen molar-refractivity contribution in [1.29, 1.82) is 0 Å². The van der Waals surface area contributed by atoms with Crippen LogP contribution < -0.4 is 25.6 Å². The Balaban J connectivity index is 0.736. The standard InChI is InChI=1S/C54H70ClN13O5S2/c1-33-47(74-32-61-33)36-8-9-37(26-60-50(70)41-25-38(69)29-67(41)52(72)48(53(2,3)4)68-30-40(62-63-68)34-6-7-34)42(24-36)73-39-13-20-66(21-14-39)51(71)35-11-18-65(19-12-35)49-46(55)43(10-17-57-49)75-45-28-58-44(27-59-45)64-22-15-54(5,31-56)16-23-64/h8-10,17,24,27-28,30,32,34-35,38-39,41,48,69H,6-7,11-16,18-23,25-26,29,31,56H2,1-5H3,(H,60,70)/t38-,41+,48-/m1/s1. The number of piperidine rings is 3. The van der Waals surface area contributed by atoms with Gasteiger partial charge in [-0.1, -0.05) is 68.4 Å². The van der Waals surface area contributed by atoms with E-state index < -0.39 is 23.6 Å². The molecule has 75 heavy (non-hydrogen) atoms. The summed E-state index contributed by atoms with van der Waals surface area (Å²) in [5.74, 6) is 2.06. The molecule has 4 N–H and O–H groups in total. The summed E-state index contributed by atoms with van der Waals surface area (Å²) in [6, 6.07) is 6.33. The summed E-state index contributed by atoms with van der Waals surface area (Å²) in [4.78, 5) is 71.0. The van der Waals surface area contributed by atoms with E-state index in [0.29, 0.717) is 80.9 Å². The van der Waals surface area contributed by atoms with E-state index in [1.807, 2.05) is 74.8 Å². The second-order valence-electron chi connectivity index (χ2n) is 22.5. The number of benzene rings is 1. The number of carbonyl (C=O) groups excluding carboxylic acids is 3. The molecule has 1 aliphatic carbocycles. The zero-order valence-electron chi connectivity index (χ0n) is 43.7. The monoisotopic (exact) mass is 1080 g/mol. The maximum absolute atomic E-state index is 14.4. The van der Waals surface area contributed by atoms with E-state index in [4.69, 9.17) is 32.0 Å². The predicted octanol–water partition coefficient (Wildman–Crippen LogP) is 7.29. The van der Waals surface area contributed by atoms with Gasteiger partial charge in [0, 0.05) is 106 Å². The number of aryl methyl sites for hydroxylation is 1. The molecule has 400 valence electrons. The van der Waals surface area contributed by atoms with Crippen LogP contribution >= 0.6 is 34.7 Å². The number of carbonyl (C=O) groups is 3. The van der Waals surface area contributed by atoms with Gasteiger partial charge in [-0.25, -0.2) is 24.6 Å². The molecule has 3 amide bonds. The summed E-state index contributed by atoms with van der Waals surface area (Å²) in [6.45, 7) is 15.4. The van der Waals surface area contributed by atoms with Crippen molar-refractivity contribution in [2.45, 2.75) is 139 Å². The molecule has 5 fully saturated rings. The SMILES string of the molecule is Cc1ncsc1-c1ccc(CNC(=O)[C@@H]2C[C@@H](O)CN2C(=O)[C@@H](n2cc(C3CC3)nn2)C(C)(C)C)c(OC2CCN(C(=O)C3CCN(c4nccc(Sc5cnc(N6CCC(C)(CN)CC6)cn5)c4Cl)CC3)CC2)c1. The molecule has 1 aromatic carbocycles. The Bertz CT molecular complexity index is 2830. The summed E-state index contributed by atoms with van der Waals surface area (Å²) in [7, 11) is 0. The predicted molar refractivity (Wildman–Crippen MR) is 290 cm³/mol. The molecule has 0 radical (unpaired) electrons. The molecule has 4 aliphatic heterocycles. The maximum Gasteiger partial charge on any atom is 0.248 e. The molecule has 3 atom stereocenters. The number of rotatable bonds is 15. The minimum Gasteiger partial charge on any atom is -0.490 e. The summed E-state index contributed by atoms with van der Waals surface area (Å²) in [5.41, 5.74) is 11.0. The lowest BCUT2D eigenvalue weighted by molar-refractivity contribution is -0.144. The first-order chi connectivity index (χ1) is 36.0. The van der Waals surface area contributed by atoms with Gasteiger partial charge in [-0.15, -0.1) is 16.4 Å². The fraction of sp³-hybridized carbons (Fsp3) is 0.574. The lowest BCUT2D eigenvalue weighted by Crippen LogP contribution is -2.50. The number of nitrogens with two attached hydrogens (primary N) is 1. The van der Waals surface area contributed by atoms with E-state index in [9.17, 15) is 19.5 Å². The number of nitrogens with zero attached hydrogens (tertiary/aromatic N) is 11. The van der Waals surface area contributed by atoms with Crippen LogP contribution in [-0.4, -0.2) is 138 Å². The molecule has 8 heterocycles. The number of hydrogen-bond donors (Lipinski definition) is 3. The van der Waals surface area contributed by atoms with Gasteiger partial charge in [-0.2, -0.15) is 0 Å². The van der Waals surface area contributed by atoms with Crippen molar-refractivity contribution in [3.05, 3.63) is 76.5 Å². The molecule has 18 nitrogen and oxygen atoms in total. The maximum atomic E-state index is 14.4. The molecule has 5 aliphatic rings. The number of β-amino-alcohol motifs (C(OH)–C–C–N with tert-alkyl or cyclic N) is 1. The summed E-state index contributed by atoms with van der Waals surface area (Å²) in [6.07, 6.45) is 13.3. The third-order valence-electron chi connectivity index (χ3n) is 15.9. The van der Waals surface area contributed by atoms with Gasteiger partial charge in [0.2, 0.25) is 17.7 Å². The van der Waals surface area contributed by atoms with E-state index in [0.717, 1.165) is 81.9 Å². The van der Waals surface area contributed by atoms with Gasteiger partial charge in [0.25, 0.3) is 0 Å². The van der Waals surface area contributed by atoms with Crippen LogP contribution in [-0.2, 0) is 20.9 Å². The number of aliphatic hydroxyl groups is 1. The second-order valence-corrected chi connectivity index (χ2v) is 24.8. The van der Waals surface area contributed by atoms with E-state index in [1.54, 1.807) is 28.4 Å². The van der Waals surface area contributed by atoms with Crippen LogP contribution in [0.25, 0.3) is 10.4 Å². The number of amides is 3. The first-order valence-corrected chi connectivity index (χ1v) is 28.6. The quantitative estimate of drug-likeness (QED) is 0.0939. The van der Waals surface area contributed by atoms with E-state index >= 15 is 0 Å². The minimum atomic E-state index is -0.865. The second kappa shape index (κ2) is 22.3. The van der Waals surface area contributed by atoms with E-state index in [1.165, 1.54) is 16.7 Å². The van der Waals surface area contributed by atoms with Crippen LogP contribution in [0.2, 0.25) is 5.02 Å². The van der Waals surface area contributed by atoms with Crippen molar-refractivity contribution < 1.29 is 24.2 Å². The number of aromatic nitrogens is 7. The fourth-order valence-electron chi connectivity index (χ4n) is 11.0.